The number of aliphatic hydroxyl groups is 1. The van der Waals surface area contributed by atoms with Gasteiger partial charge < -0.3 is 19.3 Å². The molecule has 0 aliphatic heterocycles. The Kier molecular flexibility index (Phi) is 11.6. The molecular formula is C12H20O7S3. The second-order valence-electron chi connectivity index (χ2n) is 4.39. The quantitative estimate of drug-likeness (QED) is 0.261. The molecule has 0 unspecified atom stereocenters. The average Bonchev–Trinajstić information content (AvgIpc) is 2.54. The number of ether oxygens (including phenoxy) is 3. The lowest BCUT2D eigenvalue weighted by molar-refractivity contribution is -0.161. The first-order valence-corrected chi connectivity index (χ1v) is 8.87. The highest BCUT2D eigenvalue weighted by Crippen LogP contribution is 2.20. The average molecular weight is 372 g/mol. The van der Waals surface area contributed by atoms with Crippen molar-refractivity contribution in [3.05, 3.63) is 0 Å². The van der Waals surface area contributed by atoms with Crippen LogP contribution in [0, 0.1) is 5.41 Å². The summed E-state index contributed by atoms with van der Waals surface area (Å²) >= 11 is 8.82. The Morgan fingerprint density at radius 2 is 1.36 bits per heavy atom. The van der Waals surface area contributed by atoms with Crippen molar-refractivity contribution in [1.29, 1.82) is 0 Å². The van der Waals surface area contributed by atoms with Crippen LogP contribution in [0.5, 0.6) is 0 Å². The summed E-state index contributed by atoms with van der Waals surface area (Å²) in [4.78, 5) is 33.8. The molecule has 0 radical (unpaired) electrons. The van der Waals surface area contributed by atoms with Gasteiger partial charge in [-0.25, -0.2) is 0 Å². The van der Waals surface area contributed by atoms with Crippen molar-refractivity contribution < 1.29 is 33.7 Å². The van der Waals surface area contributed by atoms with Gasteiger partial charge in [-0.1, -0.05) is 0 Å². The molecule has 0 aromatic carbocycles. The van der Waals surface area contributed by atoms with Crippen LogP contribution in [0.1, 0.15) is 0 Å². The molecule has 10 heteroatoms. The molecular weight excluding hydrogens is 352 g/mol. The molecule has 0 atom stereocenters. The summed E-state index contributed by atoms with van der Waals surface area (Å²) < 4.78 is 14.9. The first-order chi connectivity index (χ1) is 10.4. The van der Waals surface area contributed by atoms with E-state index in [9.17, 15) is 19.5 Å². The Morgan fingerprint density at radius 1 is 0.955 bits per heavy atom. The maximum atomic E-state index is 11.4. The molecule has 0 saturated heterocycles. The van der Waals surface area contributed by atoms with Gasteiger partial charge in [0.1, 0.15) is 19.8 Å². The molecule has 0 saturated carbocycles. The second kappa shape index (κ2) is 11.9. The second-order valence-corrected chi connectivity index (χ2v) is 5.89. The number of hydrogen-bond acceptors (Lipinski definition) is 10. The molecule has 0 aliphatic carbocycles. The molecule has 0 amide bonds. The third-order valence-electron chi connectivity index (χ3n) is 2.47. The Balaban J connectivity index is 4.77. The molecule has 0 bridgehead atoms. The van der Waals surface area contributed by atoms with E-state index in [0.717, 1.165) is 0 Å². The van der Waals surface area contributed by atoms with Crippen LogP contribution < -0.4 is 0 Å². The summed E-state index contributed by atoms with van der Waals surface area (Å²) in [6, 6.07) is 0. The normalized spacial score (nSPS) is 10.9. The summed E-state index contributed by atoms with van der Waals surface area (Å²) in [5.41, 5.74) is -1.22. The monoisotopic (exact) mass is 372 g/mol. The molecule has 0 aromatic heterocycles. The third kappa shape index (κ3) is 8.76. The van der Waals surface area contributed by atoms with Gasteiger partial charge in [0, 0.05) is 0 Å². The smallest absolute Gasteiger partial charge is 0.315 e. The van der Waals surface area contributed by atoms with Crippen molar-refractivity contribution in [3.63, 3.8) is 0 Å². The van der Waals surface area contributed by atoms with Gasteiger partial charge in [-0.3, -0.25) is 14.4 Å². The van der Waals surface area contributed by atoms with Crippen molar-refractivity contribution in [2.75, 3.05) is 49.9 Å². The number of hydrogen-bond donors (Lipinski definition) is 3. The fourth-order valence-electron chi connectivity index (χ4n) is 1.21. The highest BCUT2D eigenvalue weighted by molar-refractivity contribution is 7.99. The van der Waals surface area contributed by atoms with E-state index in [2.05, 4.69) is 25.3 Å². The summed E-state index contributed by atoms with van der Waals surface area (Å²) in [6.07, 6.45) is 1.74. The number of rotatable bonds is 11. The fourth-order valence-corrected chi connectivity index (χ4v) is 1.72. The van der Waals surface area contributed by atoms with Gasteiger partial charge in [-0.15, -0.1) is 0 Å². The van der Waals surface area contributed by atoms with Crippen molar-refractivity contribution in [2.45, 2.75) is 0 Å². The molecule has 128 valence electrons. The number of carbonyl (C=O) groups excluding carboxylic acids is 3. The number of thioether (sulfide) groups is 1. The number of aliphatic hydroxyl groups excluding tert-OH is 1. The molecule has 22 heavy (non-hydrogen) atoms. The number of thiol groups is 2. The van der Waals surface area contributed by atoms with Crippen molar-refractivity contribution >= 4 is 54.9 Å². The van der Waals surface area contributed by atoms with Gasteiger partial charge in [-0.2, -0.15) is 37.0 Å². The van der Waals surface area contributed by atoms with Gasteiger partial charge in [0.2, 0.25) is 0 Å². The van der Waals surface area contributed by atoms with Crippen molar-refractivity contribution in [1.82, 2.24) is 0 Å². The van der Waals surface area contributed by atoms with E-state index in [1.54, 1.807) is 6.26 Å². The highest BCUT2D eigenvalue weighted by atomic mass is 32.2. The Hall–Kier alpha value is -0.580. The molecule has 0 aliphatic rings. The van der Waals surface area contributed by atoms with Crippen LogP contribution in [0.3, 0.4) is 0 Å². The van der Waals surface area contributed by atoms with Crippen LogP contribution in [0.25, 0.3) is 0 Å². The number of carbonyl (C=O) groups is 3. The molecule has 1 N–H and O–H groups in total. The van der Waals surface area contributed by atoms with E-state index in [1.807, 2.05) is 0 Å². The predicted octanol–water partition coefficient (Wildman–Crippen LogP) is -0.183. The lowest BCUT2D eigenvalue weighted by Crippen LogP contribution is -2.43. The van der Waals surface area contributed by atoms with Crippen LogP contribution in [0.2, 0.25) is 0 Å². The zero-order chi connectivity index (χ0) is 17.0. The molecule has 0 rings (SSSR count). The van der Waals surface area contributed by atoms with Crippen LogP contribution in [-0.2, 0) is 28.6 Å². The molecule has 0 heterocycles. The Bertz CT molecular complexity index is 356. The lowest BCUT2D eigenvalue weighted by atomic mass is 9.92. The summed E-state index contributed by atoms with van der Waals surface area (Å²) in [5.74, 6) is -1.80. The van der Waals surface area contributed by atoms with Crippen LogP contribution in [0.4, 0.5) is 0 Å². The van der Waals surface area contributed by atoms with Gasteiger partial charge >= 0.3 is 17.9 Å². The highest BCUT2D eigenvalue weighted by Gasteiger charge is 2.35. The first-order valence-electron chi connectivity index (χ1n) is 6.21. The lowest BCUT2D eigenvalue weighted by Gasteiger charge is -2.30. The molecule has 0 spiro atoms. The fraction of sp³-hybridized carbons (Fsp3) is 0.750. The zero-order valence-corrected chi connectivity index (χ0v) is 14.8. The summed E-state index contributed by atoms with van der Waals surface area (Å²) in [5, 5.41) is 9.57. The van der Waals surface area contributed by atoms with Gasteiger partial charge in [0.05, 0.1) is 29.3 Å². The Labute approximate surface area is 144 Å². The third-order valence-corrected chi connectivity index (χ3v) is 3.51. The van der Waals surface area contributed by atoms with E-state index in [4.69, 9.17) is 14.2 Å². The van der Waals surface area contributed by atoms with Crippen molar-refractivity contribution in [3.8, 4) is 0 Å². The van der Waals surface area contributed by atoms with E-state index < -0.39 is 29.9 Å². The first kappa shape index (κ1) is 21.4. The summed E-state index contributed by atoms with van der Waals surface area (Å²) in [6.45, 7) is -1.29. The van der Waals surface area contributed by atoms with Crippen LogP contribution >= 0.6 is 37.0 Å². The largest absolute Gasteiger partial charge is 0.464 e. The standard InChI is InChI=1S/C12H20O7S3/c1-22-4-11(16)19-8-12(5-13,6-17-9(14)2-20)7-18-10(15)3-21/h13,20-21H,2-8H2,1H3. The van der Waals surface area contributed by atoms with Crippen LogP contribution in [-0.4, -0.2) is 73.0 Å². The van der Waals surface area contributed by atoms with Crippen LogP contribution in [0.15, 0.2) is 0 Å². The molecule has 7 nitrogen and oxygen atoms in total. The summed E-state index contributed by atoms with van der Waals surface area (Å²) in [7, 11) is 0. The maximum absolute atomic E-state index is 11.4. The SMILES string of the molecule is CSCC(=O)OCC(CO)(COC(=O)CS)COC(=O)CS. The van der Waals surface area contributed by atoms with Gasteiger partial charge in [0.15, 0.2) is 0 Å². The minimum atomic E-state index is -1.22. The van der Waals surface area contributed by atoms with E-state index >= 15 is 0 Å². The van der Waals surface area contributed by atoms with E-state index in [0.29, 0.717) is 0 Å². The number of esters is 3. The molecule has 0 fully saturated rings. The topological polar surface area (TPSA) is 99.1 Å². The minimum absolute atomic E-state index is 0.135. The Morgan fingerprint density at radius 3 is 1.68 bits per heavy atom. The van der Waals surface area contributed by atoms with Gasteiger partial charge in [-0.05, 0) is 6.26 Å². The van der Waals surface area contributed by atoms with Gasteiger partial charge in [0.25, 0.3) is 0 Å². The predicted molar refractivity (Wildman–Crippen MR) is 88.5 cm³/mol. The zero-order valence-electron chi connectivity index (χ0n) is 12.1. The minimum Gasteiger partial charge on any atom is -0.464 e. The van der Waals surface area contributed by atoms with E-state index in [-0.39, 0.29) is 37.1 Å². The van der Waals surface area contributed by atoms with E-state index in [1.165, 1.54) is 11.8 Å². The maximum Gasteiger partial charge on any atom is 0.315 e. The van der Waals surface area contributed by atoms with Crippen molar-refractivity contribution in [2.24, 2.45) is 5.41 Å². The molecule has 0 aromatic rings.